The van der Waals surface area contributed by atoms with Gasteiger partial charge in [0.1, 0.15) is 0 Å². The first kappa shape index (κ1) is 25.9. The van der Waals surface area contributed by atoms with Crippen LogP contribution in [0.4, 0.5) is 5.69 Å². The average Bonchev–Trinajstić information content (AvgIpc) is 3.21. The number of nitrogens with one attached hydrogen (secondary N) is 2. The van der Waals surface area contributed by atoms with Gasteiger partial charge in [-0.15, -0.1) is 24.0 Å². The molecule has 7 heteroatoms. The third kappa shape index (κ3) is 8.96. The first-order chi connectivity index (χ1) is 14.8. The number of guanidine groups is 1. The van der Waals surface area contributed by atoms with Crippen LogP contribution >= 0.6 is 24.0 Å². The van der Waals surface area contributed by atoms with Crippen molar-refractivity contribution in [2.45, 2.75) is 64.8 Å². The maximum atomic E-state index is 11.9. The number of carbonyl (C=O) groups excluding carboxylic acids is 1. The molecule has 2 fully saturated rings. The zero-order chi connectivity index (χ0) is 21.0. The van der Waals surface area contributed by atoms with E-state index in [9.17, 15) is 4.79 Å². The van der Waals surface area contributed by atoms with Crippen LogP contribution in [0.15, 0.2) is 29.3 Å². The molecule has 0 atom stereocenters. The number of rotatable bonds is 10. The van der Waals surface area contributed by atoms with Crippen molar-refractivity contribution in [3.8, 4) is 0 Å². The second kappa shape index (κ2) is 14.7. The van der Waals surface area contributed by atoms with Gasteiger partial charge in [-0.05, 0) is 76.4 Å². The monoisotopic (exact) mass is 541 g/mol. The molecular formula is C24H40IN5O. The molecular weight excluding hydrogens is 501 g/mol. The van der Waals surface area contributed by atoms with Gasteiger partial charge < -0.3 is 20.4 Å². The lowest BCUT2D eigenvalue weighted by Crippen LogP contribution is -2.37. The zero-order valence-corrected chi connectivity index (χ0v) is 21.4. The third-order valence-electron chi connectivity index (χ3n) is 5.98. The molecule has 2 aliphatic rings. The molecule has 0 unspecified atom stereocenters. The molecule has 6 nitrogen and oxygen atoms in total. The number of anilines is 1. The van der Waals surface area contributed by atoms with Gasteiger partial charge in [-0.1, -0.05) is 25.0 Å². The number of likely N-dealkylation sites (tertiary alicyclic amines) is 1. The van der Waals surface area contributed by atoms with Crippen LogP contribution in [-0.2, 0) is 11.3 Å². The minimum Gasteiger partial charge on any atom is -0.357 e. The van der Waals surface area contributed by atoms with E-state index in [1.54, 1.807) is 0 Å². The van der Waals surface area contributed by atoms with Gasteiger partial charge in [0.05, 0.1) is 6.54 Å². The van der Waals surface area contributed by atoms with Gasteiger partial charge in [0.2, 0.25) is 5.91 Å². The third-order valence-corrected chi connectivity index (χ3v) is 5.98. The fourth-order valence-electron chi connectivity index (χ4n) is 4.24. The molecule has 0 aromatic heterocycles. The summed E-state index contributed by atoms with van der Waals surface area (Å²) in [7, 11) is 0. The summed E-state index contributed by atoms with van der Waals surface area (Å²) < 4.78 is 0. The Balaban J connectivity index is 0.00000341. The molecule has 2 saturated heterocycles. The average molecular weight is 542 g/mol. The lowest BCUT2D eigenvalue weighted by Gasteiger charge is -2.26. The van der Waals surface area contributed by atoms with Crippen molar-refractivity contribution in [3.63, 3.8) is 0 Å². The van der Waals surface area contributed by atoms with E-state index in [0.29, 0.717) is 13.0 Å². The van der Waals surface area contributed by atoms with E-state index >= 15 is 0 Å². The lowest BCUT2D eigenvalue weighted by molar-refractivity contribution is -0.117. The van der Waals surface area contributed by atoms with Crippen LogP contribution in [0.25, 0.3) is 0 Å². The van der Waals surface area contributed by atoms with Gasteiger partial charge in [0, 0.05) is 31.7 Å². The number of hydrogen-bond donors (Lipinski definition) is 2. The topological polar surface area (TPSA) is 60.0 Å². The van der Waals surface area contributed by atoms with Crippen LogP contribution in [0.1, 0.15) is 63.9 Å². The summed E-state index contributed by atoms with van der Waals surface area (Å²) in [6, 6.07) is 8.23. The van der Waals surface area contributed by atoms with Gasteiger partial charge in [0.15, 0.2) is 5.96 Å². The standard InChI is InChI=1S/C24H39N5O.HI/c1-2-25-24(26-15-5-3-6-16-28-17-7-4-8-18-28)27-20-21-11-13-22(14-12-21)29-19-9-10-23(29)30;/h11-14H,2-10,15-20H2,1H3,(H2,25,26,27);1H. The molecule has 2 heterocycles. The maximum Gasteiger partial charge on any atom is 0.227 e. The number of hydrogen-bond acceptors (Lipinski definition) is 3. The van der Waals surface area contributed by atoms with Crippen LogP contribution in [0.2, 0.25) is 0 Å². The van der Waals surface area contributed by atoms with Gasteiger partial charge in [-0.2, -0.15) is 0 Å². The predicted molar refractivity (Wildman–Crippen MR) is 140 cm³/mol. The van der Waals surface area contributed by atoms with Gasteiger partial charge >= 0.3 is 0 Å². The Kier molecular flexibility index (Phi) is 12.3. The summed E-state index contributed by atoms with van der Waals surface area (Å²) >= 11 is 0. The van der Waals surface area contributed by atoms with E-state index in [1.807, 2.05) is 17.0 Å². The Morgan fingerprint density at radius 1 is 0.968 bits per heavy atom. The molecule has 1 aromatic rings. The van der Waals surface area contributed by atoms with Crippen LogP contribution in [0.5, 0.6) is 0 Å². The first-order valence-electron chi connectivity index (χ1n) is 11.9. The summed E-state index contributed by atoms with van der Waals surface area (Å²) in [5.41, 5.74) is 2.16. The molecule has 31 heavy (non-hydrogen) atoms. The minimum atomic E-state index is 0. The van der Waals surface area contributed by atoms with Gasteiger partial charge in [0.25, 0.3) is 0 Å². The Morgan fingerprint density at radius 2 is 1.74 bits per heavy atom. The van der Waals surface area contributed by atoms with Gasteiger partial charge in [-0.3, -0.25) is 4.79 Å². The number of nitrogens with zero attached hydrogens (tertiary/aromatic N) is 3. The molecule has 0 spiro atoms. The fraction of sp³-hybridized carbons (Fsp3) is 0.667. The molecule has 2 N–H and O–H groups in total. The normalized spacial score (nSPS) is 17.5. The highest BCUT2D eigenvalue weighted by atomic mass is 127. The molecule has 0 radical (unpaired) electrons. The lowest BCUT2D eigenvalue weighted by atomic mass is 10.1. The Labute approximate surface area is 205 Å². The molecule has 0 saturated carbocycles. The van der Waals surface area contributed by atoms with E-state index in [-0.39, 0.29) is 29.9 Å². The van der Waals surface area contributed by atoms with E-state index < -0.39 is 0 Å². The Bertz CT molecular complexity index is 673. The van der Waals surface area contributed by atoms with E-state index in [1.165, 1.54) is 58.2 Å². The largest absolute Gasteiger partial charge is 0.357 e. The van der Waals surface area contributed by atoms with Crippen molar-refractivity contribution in [1.82, 2.24) is 15.5 Å². The van der Waals surface area contributed by atoms with Crippen molar-refractivity contribution in [3.05, 3.63) is 29.8 Å². The highest BCUT2D eigenvalue weighted by molar-refractivity contribution is 14.0. The van der Waals surface area contributed by atoms with Crippen LogP contribution in [-0.4, -0.2) is 56.0 Å². The molecule has 0 aliphatic carbocycles. The molecule has 1 amide bonds. The van der Waals surface area contributed by atoms with E-state index in [0.717, 1.165) is 43.3 Å². The number of amides is 1. The van der Waals surface area contributed by atoms with E-state index in [2.05, 4.69) is 34.6 Å². The SMILES string of the molecule is CCNC(=NCc1ccc(N2CCCC2=O)cc1)NCCCCCN1CCCCC1.I. The summed E-state index contributed by atoms with van der Waals surface area (Å²) in [5, 5.41) is 6.80. The number of benzene rings is 1. The van der Waals surface area contributed by atoms with Gasteiger partial charge in [-0.25, -0.2) is 4.99 Å². The molecule has 2 aliphatic heterocycles. The second-order valence-electron chi connectivity index (χ2n) is 8.40. The quantitative estimate of drug-likeness (QED) is 0.202. The smallest absolute Gasteiger partial charge is 0.227 e. The number of piperidine rings is 1. The Morgan fingerprint density at radius 3 is 2.42 bits per heavy atom. The highest BCUT2D eigenvalue weighted by Crippen LogP contribution is 2.21. The fourth-order valence-corrected chi connectivity index (χ4v) is 4.24. The minimum absolute atomic E-state index is 0. The maximum absolute atomic E-state index is 11.9. The van der Waals surface area contributed by atoms with E-state index in [4.69, 9.17) is 4.99 Å². The van der Waals surface area contributed by atoms with Crippen molar-refractivity contribution in [2.75, 3.05) is 44.2 Å². The highest BCUT2D eigenvalue weighted by Gasteiger charge is 2.21. The summed E-state index contributed by atoms with van der Waals surface area (Å²) in [4.78, 5) is 21.1. The summed E-state index contributed by atoms with van der Waals surface area (Å²) in [5.74, 6) is 1.11. The van der Waals surface area contributed by atoms with Crippen molar-refractivity contribution in [2.24, 2.45) is 4.99 Å². The van der Waals surface area contributed by atoms with Crippen LogP contribution < -0.4 is 15.5 Å². The second-order valence-corrected chi connectivity index (χ2v) is 8.40. The van der Waals surface area contributed by atoms with Crippen molar-refractivity contribution in [1.29, 1.82) is 0 Å². The zero-order valence-electron chi connectivity index (χ0n) is 19.1. The molecule has 174 valence electrons. The van der Waals surface area contributed by atoms with Crippen LogP contribution in [0, 0.1) is 0 Å². The Hall–Kier alpha value is -1.35. The number of halogens is 1. The summed E-state index contributed by atoms with van der Waals surface area (Å²) in [6.45, 7) is 9.24. The molecule has 1 aromatic carbocycles. The van der Waals surface area contributed by atoms with Crippen molar-refractivity contribution < 1.29 is 4.79 Å². The predicted octanol–water partition coefficient (Wildman–Crippen LogP) is 4.14. The number of carbonyl (C=O) groups is 1. The first-order valence-corrected chi connectivity index (χ1v) is 11.9. The van der Waals surface area contributed by atoms with Crippen molar-refractivity contribution >= 4 is 41.5 Å². The summed E-state index contributed by atoms with van der Waals surface area (Å²) in [6.07, 6.45) is 9.53. The number of unbranched alkanes of at least 4 members (excludes halogenated alkanes) is 2. The molecule has 3 rings (SSSR count). The number of aliphatic imine (C=N–C) groups is 1. The van der Waals surface area contributed by atoms with Crippen LogP contribution in [0.3, 0.4) is 0 Å². The molecule has 0 bridgehead atoms.